The number of nitro benzene ring substituents is 1. The van der Waals surface area contributed by atoms with Gasteiger partial charge >= 0.3 is 0 Å². The first-order valence-corrected chi connectivity index (χ1v) is 10.7. The molecule has 2 aromatic carbocycles. The molecule has 6 heteroatoms. The van der Waals surface area contributed by atoms with Crippen molar-refractivity contribution in [3.05, 3.63) is 63.7 Å². The average Bonchev–Trinajstić information content (AvgIpc) is 2.72. The molecule has 0 radical (unpaired) electrons. The summed E-state index contributed by atoms with van der Waals surface area (Å²) in [6.07, 6.45) is 7.83. The number of methoxy groups -OCH3 is 1. The Bertz CT molecular complexity index is 963. The van der Waals surface area contributed by atoms with E-state index in [4.69, 9.17) is 4.74 Å². The Labute approximate surface area is 175 Å². The number of non-ortho nitro benzene ring substituents is 1. The van der Waals surface area contributed by atoms with E-state index in [2.05, 4.69) is 11.4 Å². The van der Waals surface area contributed by atoms with Gasteiger partial charge in [-0.3, -0.25) is 14.9 Å². The van der Waals surface area contributed by atoms with Crippen LogP contribution in [0.5, 0.6) is 5.75 Å². The van der Waals surface area contributed by atoms with E-state index in [1.54, 1.807) is 19.2 Å². The fourth-order valence-electron chi connectivity index (χ4n) is 6.54. The molecular weight excluding hydrogens is 380 g/mol. The summed E-state index contributed by atoms with van der Waals surface area (Å²) in [5, 5.41) is 13.7. The Morgan fingerprint density at radius 1 is 1.03 bits per heavy atom. The Kier molecular flexibility index (Phi) is 4.53. The number of hydrogen-bond acceptors (Lipinski definition) is 4. The van der Waals surface area contributed by atoms with Gasteiger partial charge in [0.05, 0.1) is 17.6 Å². The third-order valence-electron chi connectivity index (χ3n) is 7.43. The lowest BCUT2D eigenvalue weighted by Crippen LogP contribution is -2.48. The van der Waals surface area contributed by atoms with Crippen molar-refractivity contribution in [1.82, 2.24) is 0 Å². The van der Waals surface area contributed by atoms with Gasteiger partial charge in [0.2, 0.25) is 0 Å². The quantitative estimate of drug-likeness (QED) is 0.538. The number of anilines is 1. The average molecular weight is 406 g/mol. The lowest BCUT2D eigenvalue weighted by atomic mass is 9.48. The molecule has 0 saturated heterocycles. The van der Waals surface area contributed by atoms with Crippen molar-refractivity contribution in [3.8, 4) is 5.75 Å². The molecule has 1 amide bonds. The minimum Gasteiger partial charge on any atom is -0.496 e. The van der Waals surface area contributed by atoms with E-state index in [-0.39, 0.29) is 17.0 Å². The van der Waals surface area contributed by atoms with E-state index in [1.165, 1.54) is 56.2 Å². The topological polar surface area (TPSA) is 81.5 Å². The van der Waals surface area contributed by atoms with E-state index in [1.807, 2.05) is 12.1 Å². The number of amides is 1. The molecular formula is C24H26N2O4. The van der Waals surface area contributed by atoms with Crippen LogP contribution >= 0.6 is 0 Å². The molecule has 6 rings (SSSR count). The fourth-order valence-corrected chi connectivity index (χ4v) is 6.54. The van der Waals surface area contributed by atoms with Gasteiger partial charge in [0.25, 0.3) is 11.6 Å². The van der Waals surface area contributed by atoms with Gasteiger partial charge < -0.3 is 10.1 Å². The van der Waals surface area contributed by atoms with Gasteiger partial charge in [-0.25, -0.2) is 0 Å². The number of nitrogens with zero attached hydrogens (tertiary/aromatic N) is 1. The first kappa shape index (κ1) is 19.1. The first-order valence-electron chi connectivity index (χ1n) is 10.7. The summed E-state index contributed by atoms with van der Waals surface area (Å²) in [6.45, 7) is 0. The van der Waals surface area contributed by atoms with Crippen LogP contribution < -0.4 is 10.1 Å². The number of carbonyl (C=O) groups excluding carboxylic acids is 1. The predicted molar refractivity (Wildman–Crippen MR) is 114 cm³/mol. The number of carbonyl (C=O) groups is 1. The summed E-state index contributed by atoms with van der Waals surface area (Å²) in [5.41, 5.74) is 2.49. The van der Waals surface area contributed by atoms with E-state index >= 15 is 0 Å². The minimum atomic E-state index is -0.455. The normalized spacial score (nSPS) is 28.9. The zero-order chi connectivity index (χ0) is 20.9. The lowest BCUT2D eigenvalue weighted by Gasteiger charge is -2.57. The molecule has 0 unspecified atom stereocenters. The number of nitro groups is 1. The molecule has 0 atom stereocenters. The summed E-state index contributed by atoms with van der Waals surface area (Å²) in [7, 11) is 1.57. The molecule has 0 aromatic heterocycles. The van der Waals surface area contributed by atoms with Crippen molar-refractivity contribution in [2.75, 3.05) is 12.4 Å². The van der Waals surface area contributed by atoms with Crippen LogP contribution in [-0.2, 0) is 5.41 Å². The summed E-state index contributed by atoms with van der Waals surface area (Å²) in [4.78, 5) is 23.5. The number of hydrogen-bond donors (Lipinski definition) is 1. The molecule has 4 aliphatic carbocycles. The molecule has 4 fully saturated rings. The van der Waals surface area contributed by atoms with Crippen LogP contribution in [0, 0.1) is 27.9 Å². The molecule has 30 heavy (non-hydrogen) atoms. The van der Waals surface area contributed by atoms with E-state index in [0.29, 0.717) is 17.0 Å². The number of rotatable bonds is 5. The second-order valence-electron chi connectivity index (χ2n) is 9.37. The van der Waals surface area contributed by atoms with Crippen molar-refractivity contribution >= 4 is 17.3 Å². The maximum Gasteiger partial charge on any atom is 0.269 e. The van der Waals surface area contributed by atoms with Gasteiger partial charge in [-0.2, -0.15) is 0 Å². The standard InChI is InChI=1S/C24H26N2O4/c1-30-22-7-2-18(24-12-15-8-16(13-24)10-17(9-15)14-24)11-21(22)23(27)25-19-3-5-20(6-4-19)26(28)29/h2-7,11,15-17H,8-10,12-14H2,1H3,(H,25,27). The van der Waals surface area contributed by atoms with Gasteiger partial charge in [0, 0.05) is 17.8 Å². The second-order valence-corrected chi connectivity index (χ2v) is 9.37. The summed E-state index contributed by atoms with van der Waals surface area (Å²) >= 11 is 0. The minimum absolute atomic E-state index is 0.00519. The van der Waals surface area contributed by atoms with Crippen LogP contribution in [-0.4, -0.2) is 17.9 Å². The van der Waals surface area contributed by atoms with Gasteiger partial charge in [-0.05, 0) is 91.5 Å². The van der Waals surface area contributed by atoms with Crippen LogP contribution in [0.15, 0.2) is 42.5 Å². The number of ether oxygens (including phenoxy) is 1. The molecule has 2 aromatic rings. The lowest BCUT2D eigenvalue weighted by molar-refractivity contribution is -0.384. The van der Waals surface area contributed by atoms with Crippen LogP contribution in [0.4, 0.5) is 11.4 Å². The molecule has 156 valence electrons. The molecule has 0 heterocycles. The highest BCUT2D eigenvalue weighted by Gasteiger charge is 2.51. The van der Waals surface area contributed by atoms with Gasteiger partial charge in [0.1, 0.15) is 5.75 Å². The number of nitrogens with one attached hydrogen (secondary N) is 1. The molecule has 4 aliphatic rings. The second kappa shape index (κ2) is 7.11. The molecule has 0 aliphatic heterocycles. The predicted octanol–water partition coefficient (Wildman–Crippen LogP) is 5.32. The van der Waals surface area contributed by atoms with Crippen LogP contribution in [0.1, 0.15) is 54.4 Å². The summed E-state index contributed by atoms with van der Waals surface area (Å²) in [6, 6.07) is 12.0. The van der Waals surface area contributed by atoms with Crippen molar-refractivity contribution in [2.45, 2.75) is 43.9 Å². The van der Waals surface area contributed by atoms with Gasteiger partial charge in [-0.1, -0.05) is 6.07 Å². The van der Waals surface area contributed by atoms with Crippen molar-refractivity contribution in [2.24, 2.45) is 17.8 Å². The molecule has 6 nitrogen and oxygen atoms in total. The summed E-state index contributed by atoms with van der Waals surface area (Å²) < 4.78 is 5.48. The van der Waals surface area contributed by atoms with Crippen LogP contribution in [0.2, 0.25) is 0 Å². The van der Waals surface area contributed by atoms with E-state index in [0.717, 1.165) is 17.8 Å². The Hall–Kier alpha value is -2.89. The van der Waals surface area contributed by atoms with Gasteiger partial charge in [-0.15, -0.1) is 0 Å². The third-order valence-corrected chi connectivity index (χ3v) is 7.43. The molecule has 1 N–H and O–H groups in total. The maximum absolute atomic E-state index is 13.1. The SMILES string of the molecule is COc1ccc(C23CC4CC(CC(C4)C2)C3)cc1C(=O)Nc1ccc([N+](=O)[O-])cc1. The van der Waals surface area contributed by atoms with Crippen molar-refractivity contribution < 1.29 is 14.5 Å². The first-order chi connectivity index (χ1) is 14.5. The largest absolute Gasteiger partial charge is 0.496 e. The smallest absolute Gasteiger partial charge is 0.269 e. The Balaban J connectivity index is 1.43. The van der Waals surface area contributed by atoms with Crippen molar-refractivity contribution in [3.63, 3.8) is 0 Å². The highest BCUT2D eigenvalue weighted by atomic mass is 16.6. The Morgan fingerprint density at radius 3 is 2.17 bits per heavy atom. The molecule has 4 saturated carbocycles. The highest BCUT2D eigenvalue weighted by molar-refractivity contribution is 6.06. The van der Waals surface area contributed by atoms with E-state index < -0.39 is 4.92 Å². The van der Waals surface area contributed by atoms with Crippen molar-refractivity contribution in [1.29, 1.82) is 0 Å². The molecule has 0 spiro atoms. The fraction of sp³-hybridized carbons (Fsp3) is 0.458. The van der Waals surface area contributed by atoms with Crippen LogP contribution in [0.25, 0.3) is 0 Å². The highest BCUT2D eigenvalue weighted by Crippen LogP contribution is 2.60. The third kappa shape index (κ3) is 3.24. The molecule has 4 bridgehead atoms. The monoisotopic (exact) mass is 406 g/mol. The van der Waals surface area contributed by atoms with Gasteiger partial charge in [0.15, 0.2) is 0 Å². The maximum atomic E-state index is 13.1. The summed E-state index contributed by atoms with van der Waals surface area (Å²) in [5.74, 6) is 2.78. The van der Waals surface area contributed by atoms with Crippen LogP contribution in [0.3, 0.4) is 0 Å². The zero-order valence-electron chi connectivity index (χ0n) is 17.1. The number of benzene rings is 2. The Morgan fingerprint density at radius 2 is 1.63 bits per heavy atom. The van der Waals surface area contributed by atoms with E-state index in [9.17, 15) is 14.9 Å². The zero-order valence-corrected chi connectivity index (χ0v) is 17.1.